The second-order valence-corrected chi connectivity index (χ2v) is 8.59. The summed E-state index contributed by atoms with van der Waals surface area (Å²) in [6.45, 7) is 3.07. The van der Waals surface area contributed by atoms with Gasteiger partial charge in [0.1, 0.15) is 15.9 Å². The van der Waals surface area contributed by atoms with Gasteiger partial charge in [-0.05, 0) is 43.4 Å². The molecule has 2 saturated heterocycles. The molecule has 0 aliphatic carbocycles. The molecule has 1 atom stereocenters. The van der Waals surface area contributed by atoms with Gasteiger partial charge in [-0.25, -0.2) is 8.42 Å². The zero-order valence-corrected chi connectivity index (χ0v) is 15.2. The number of aromatic nitrogens is 3. The van der Waals surface area contributed by atoms with Gasteiger partial charge < -0.3 is 5.32 Å². The summed E-state index contributed by atoms with van der Waals surface area (Å²) in [6.07, 6.45) is 3.06. The Morgan fingerprint density at radius 2 is 2.08 bits per heavy atom. The molecule has 9 heteroatoms. The molecule has 0 bridgehead atoms. The average Bonchev–Trinajstić information content (AvgIpc) is 3.12. The zero-order chi connectivity index (χ0) is 16.1. The van der Waals surface area contributed by atoms with Crippen LogP contribution in [-0.2, 0) is 17.1 Å². The van der Waals surface area contributed by atoms with E-state index in [1.54, 1.807) is 29.6 Å². The molecule has 2 fully saturated rings. The van der Waals surface area contributed by atoms with Crippen molar-refractivity contribution < 1.29 is 8.42 Å². The molecule has 4 rings (SSSR count). The number of hydrogen-bond acceptors (Lipinski definition) is 5. The predicted octanol–water partition coefficient (Wildman–Crippen LogP) is 1.15. The van der Waals surface area contributed by atoms with Crippen molar-refractivity contribution in [1.82, 2.24) is 24.6 Å². The van der Waals surface area contributed by atoms with Crippen LogP contribution in [0.3, 0.4) is 0 Å². The molecular weight excluding hydrogens is 350 g/mol. The van der Waals surface area contributed by atoms with Crippen molar-refractivity contribution in [1.29, 1.82) is 0 Å². The highest BCUT2D eigenvalue weighted by atomic mass is 35.5. The molecule has 2 aliphatic heterocycles. The highest BCUT2D eigenvalue weighted by Gasteiger charge is 2.42. The zero-order valence-electron chi connectivity index (χ0n) is 13.6. The van der Waals surface area contributed by atoms with Gasteiger partial charge in [-0.15, -0.1) is 12.4 Å². The number of nitrogens with one attached hydrogen (secondary N) is 1. The van der Waals surface area contributed by atoms with Crippen LogP contribution in [0.2, 0.25) is 0 Å². The number of fused-ring (bicyclic) bond motifs is 1. The third-order valence-electron chi connectivity index (χ3n) is 5.05. The van der Waals surface area contributed by atoms with Gasteiger partial charge in [0.05, 0.1) is 0 Å². The van der Waals surface area contributed by atoms with Crippen LogP contribution < -0.4 is 5.32 Å². The number of rotatable bonds is 2. The smallest absolute Gasteiger partial charge is 0.245 e. The highest BCUT2D eigenvalue weighted by molar-refractivity contribution is 7.89. The maximum atomic E-state index is 13.2. The lowest BCUT2D eigenvalue weighted by atomic mass is 9.80. The first-order chi connectivity index (χ1) is 11.0. The molecule has 3 heterocycles. The molecule has 2 aromatic rings. The van der Waals surface area contributed by atoms with E-state index in [9.17, 15) is 8.42 Å². The lowest BCUT2D eigenvalue weighted by Crippen LogP contribution is -2.47. The molecule has 7 nitrogen and oxygen atoms in total. The van der Waals surface area contributed by atoms with Gasteiger partial charge in [-0.3, -0.25) is 0 Å². The Morgan fingerprint density at radius 1 is 1.25 bits per heavy atom. The standard InChI is InChI=1S/C15H21N5O2S.ClH/c1-19-17-12-4-2-5-13(14(12)18-19)23(21,22)20-9-3-6-15(11-20)7-8-16-10-15;/h2,4-5,16H,3,6-11H2,1H3;1H. The van der Waals surface area contributed by atoms with Gasteiger partial charge in [0.15, 0.2) is 0 Å². The fourth-order valence-corrected chi connectivity index (χ4v) is 5.61. The average molecular weight is 372 g/mol. The SMILES string of the molecule is Cl.Cn1nc2cccc(S(=O)(=O)N3CCCC4(CCNC4)C3)c2n1. The summed E-state index contributed by atoms with van der Waals surface area (Å²) in [7, 11) is -1.84. The van der Waals surface area contributed by atoms with Crippen LogP contribution in [0.15, 0.2) is 23.1 Å². The molecule has 24 heavy (non-hydrogen) atoms. The molecule has 2 aliphatic rings. The number of hydrogen-bond donors (Lipinski definition) is 1. The van der Waals surface area contributed by atoms with Crippen LogP contribution >= 0.6 is 12.4 Å². The molecule has 1 unspecified atom stereocenters. The van der Waals surface area contributed by atoms with Crippen molar-refractivity contribution in [3.8, 4) is 0 Å². The lowest BCUT2D eigenvalue weighted by Gasteiger charge is -2.39. The third kappa shape index (κ3) is 2.81. The second kappa shape index (κ2) is 6.25. The van der Waals surface area contributed by atoms with Crippen LogP contribution in [0.25, 0.3) is 11.0 Å². The van der Waals surface area contributed by atoms with Gasteiger partial charge in [0, 0.05) is 26.7 Å². The summed E-state index contributed by atoms with van der Waals surface area (Å²) in [4.78, 5) is 1.69. The van der Waals surface area contributed by atoms with Gasteiger partial charge in [0.2, 0.25) is 10.0 Å². The van der Waals surface area contributed by atoms with Crippen molar-refractivity contribution in [3.63, 3.8) is 0 Å². The number of halogens is 1. The normalized spacial score (nSPS) is 25.2. The number of piperidine rings is 1. The lowest BCUT2D eigenvalue weighted by molar-refractivity contribution is 0.167. The van der Waals surface area contributed by atoms with Gasteiger partial charge in [0.25, 0.3) is 0 Å². The Labute approximate surface area is 147 Å². The van der Waals surface area contributed by atoms with Crippen molar-refractivity contribution in [2.75, 3.05) is 26.2 Å². The summed E-state index contributed by atoms with van der Waals surface area (Å²) in [5.74, 6) is 0. The van der Waals surface area contributed by atoms with Crippen LogP contribution in [0.1, 0.15) is 19.3 Å². The molecule has 0 saturated carbocycles. The van der Waals surface area contributed by atoms with Crippen molar-refractivity contribution in [3.05, 3.63) is 18.2 Å². The van der Waals surface area contributed by atoms with Gasteiger partial charge in [-0.2, -0.15) is 19.3 Å². The Balaban J connectivity index is 0.00000169. The summed E-state index contributed by atoms with van der Waals surface area (Å²) >= 11 is 0. The summed E-state index contributed by atoms with van der Waals surface area (Å²) in [6, 6.07) is 5.17. The largest absolute Gasteiger partial charge is 0.316 e. The molecular formula is C15H22ClN5O2S. The number of nitrogens with zero attached hydrogens (tertiary/aromatic N) is 4. The minimum atomic E-state index is -3.55. The third-order valence-corrected chi connectivity index (χ3v) is 6.93. The maximum Gasteiger partial charge on any atom is 0.245 e. The second-order valence-electron chi connectivity index (χ2n) is 6.68. The summed E-state index contributed by atoms with van der Waals surface area (Å²) < 4.78 is 28.0. The van der Waals surface area contributed by atoms with Crippen LogP contribution in [0.5, 0.6) is 0 Å². The van der Waals surface area contributed by atoms with E-state index in [0.29, 0.717) is 24.1 Å². The number of benzene rings is 1. The molecule has 1 spiro atoms. The number of aryl methyl sites for hydroxylation is 1. The first-order valence-corrected chi connectivity index (χ1v) is 9.45. The quantitative estimate of drug-likeness (QED) is 0.856. The molecule has 1 aromatic heterocycles. The van der Waals surface area contributed by atoms with E-state index in [1.165, 1.54) is 4.80 Å². The molecule has 0 radical (unpaired) electrons. The monoisotopic (exact) mass is 371 g/mol. The topological polar surface area (TPSA) is 80.1 Å². The first-order valence-electron chi connectivity index (χ1n) is 8.01. The van der Waals surface area contributed by atoms with Crippen LogP contribution in [0, 0.1) is 5.41 Å². The summed E-state index contributed by atoms with van der Waals surface area (Å²) in [5, 5.41) is 11.8. The fraction of sp³-hybridized carbons (Fsp3) is 0.600. The van der Waals surface area contributed by atoms with E-state index in [4.69, 9.17) is 0 Å². The van der Waals surface area contributed by atoms with E-state index in [1.807, 2.05) is 0 Å². The van der Waals surface area contributed by atoms with Gasteiger partial charge >= 0.3 is 0 Å². The Hall–Kier alpha value is -1.22. The fourth-order valence-electron chi connectivity index (χ4n) is 3.87. The van der Waals surface area contributed by atoms with E-state index in [-0.39, 0.29) is 22.7 Å². The van der Waals surface area contributed by atoms with Crippen molar-refractivity contribution in [2.45, 2.75) is 24.2 Å². The molecule has 1 aromatic carbocycles. The minimum Gasteiger partial charge on any atom is -0.316 e. The maximum absolute atomic E-state index is 13.2. The highest BCUT2D eigenvalue weighted by Crippen LogP contribution is 2.38. The first kappa shape index (κ1) is 17.6. The Kier molecular flexibility index (Phi) is 4.59. The molecule has 1 N–H and O–H groups in total. The van der Waals surface area contributed by atoms with Crippen LogP contribution in [0.4, 0.5) is 0 Å². The number of sulfonamides is 1. The molecule has 0 amide bonds. The van der Waals surface area contributed by atoms with Crippen molar-refractivity contribution in [2.24, 2.45) is 12.5 Å². The van der Waals surface area contributed by atoms with E-state index in [2.05, 4.69) is 15.5 Å². The Morgan fingerprint density at radius 3 is 2.83 bits per heavy atom. The van der Waals surface area contributed by atoms with E-state index in [0.717, 1.165) is 32.4 Å². The Bertz CT molecular complexity index is 845. The van der Waals surface area contributed by atoms with Gasteiger partial charge in [-0.1, -0.05) is 6.07 Å². The predicted molar refractivity (Wildman–Crippen MR) is 93.7 cm³/mol. The summed E-state index contributed by atoms with van der Waals surface area (Å²) in [5.41, 5.74) is 1.17. The molecule has 132 valence electrons. The minimum absolute atomic E-state index is 0. The van der Waals surface area contributed by atoms with E-state index >= 15 is 0 Å². The van der Waals surface area contributed by atoms with E-state index < -0.39 is 10.0 Å². The van der Waals surface area contributed by atoms with Crippen LogP contribution in [-0.4, -0.2) is 53.9 Å². The van der Waals surface area contributed by atoms with Crippen molar-refractivity contribution >= 4 is 33.5 Å².